The summed E-state index contributed by atoms with van der Waals surface area (Å²) < 4.78 is 5.60. The molecule has 0 radical (unpaired) electrons. The lowest BCUT2D eigenvalue weighted by Gasteiger charge is -2.24. The molecule has 2 heteroatoms. The van der Waals surface area contributed by atoms with Crippen molar-refractivity contribution in [3.8, 4) is 0 Å². The van der Waals surface area contributed by atoms with Gasteiger partial charge in [0.05, 0.1) is 6.61 Å². The fourth-order valence-electron chi connectivity index (χ4n) is 1.93. The van der Waals surface area contributed by atoms with E-state index in [0.29, 0.717) is 6.61 Å². The summed E-state index contributed by atoms with van der Waals surface area (Å²) in [6.07, 6.45) is 0.417. The maximum atomic E-state index is 12.2. The number of rotatable bonds is 2. The zero-order chi connectivity index (χ0) is 12.4. The summed E-state index contributed by atoms with van der Waals surface area (Å²) in [5, 5.41) is 0. The van der Waals surface area contributed by atoms with Crippen LogP contribution in [0.15, 0.2) is 35.4 Å². The smallest absolute Gasteiger partial charge is 0.191 e. The molecule has 1 aliphatic heterocycles. The van der Waals surface area contributed by atoms with Crippen LogP contribution in [0.5, 0.6) is 0 Å². The summed E-state index contributed by atoms with van der Waals surface area (Å²) in [6, 6.07) is 7.68. The molecule has 17 heavy (non-hydrogen) atoms. The van der Waals surface area contributed by atoms with E-state index in [-0.39, 0.29) is 11.9 Å². The molecule has 1 heterocycles. The molecule has 1 aromatic rings. The second kappa shape index (κ2) is 4.84. The zero-order valence-corrected chi connectivity index (χ0v) is 10.6. The quantitative estimate of drug-likeness (QED) is 0.575. The molecule has 1 aromatic carbocycles. The molecule has 0 saturated carbocycles. The van der Waals surface area contributed by atoms with Crippen LogP contribution < -0.4 is 0 Å². The highest BCUT2D eigenvalue weighted by Crippen LogP contribution is 2.22. The van der Waals surface area contributed by atoms with Crippen LogP contribution in [0.1, 0.15) is 36.2 Å². The maximum Gasteiger partial charge on any atom is 0.191 e. The lowest BCUT2D eigenvalue weighted by Crippen LogP contribution is -2.29. The minimum absolute atomic E-state index is 0.0943. The molecule has 0 saturated heterocycles. The fraction of sp³-hybridized carbons (Fsp3) is 0.400. The highest BCUT2D eigenvalue weighted by Gasteiger charge is 2.24. The Morgan fingerprint density at radius 1 is 1.12 bits per heavy atom. The number of carbonyl (C=O) groups is 1. The van der Waals surface area contributed by atoms with Crippen LogP contribution in [0.3, 0.4) is 0 Å². The molecule has 2 nitrogen and oxygen atoms in total. The highest BCUT2D eigenvalue weighted by atomic mass is 16.5. The second-order valence-corrected chi connectivity index (χ2v) is 4.79. The van der Waals surface area contributed by atoms with Crippen molar-refractivity contribution in [2.24, 2.45) is 0 Å². The molecule has 1 aliphatic rings. The first kappa shape index (κ1) is 12.1. The fourth-order valence-corrected chi connectivity index (χ4v) is 1.93. The van der Waals surface area contributed by atoms with Gasteiger partial charge in [-0.2, -0.15) is 0 Å². The molecule has 0 fully saturated rings. The van der Waals surface area contributed by atoms with Gasteiger partial charge < -0.3 is 4.74 Å². The van der Waals surface area contributed by atoms with Gasteiger partial charge in [-0.1, -0.05) is 35.4 Å². The third-order valence-corrected chi connectivity index (χ3v) is 3.35. The average molecular weight is 230 g/mol. The molecule has 1 unspecified atom stereocenters. The molecular weight excluding hydrogens is 212 g/mol. The van der Waals surface area contributed by atoms with Gasteiger partial charge >= 0.3 is 0 Å². The summed E-state index contributed by atoms with van der Waals surface area (Å²) in [7, 11) is 0. The van der Waals surface area contributed by atoms with Crippen molar-refractivity contribution >= 4 is 5.78 Å². The Morgan fingerprint density at radius 3 is 2.35 bits per heavy atom. The second-order valence-electron chi connectivity index (χ2n) is 4.79. The van der Waals surface area contributed by atoms with Gasteiger partial charge in [-0.05, 0) is 26.3 Å². The van der Waals surface area contributed by atoms with Crippen molar-refractivity contribution in [1.82, 2.24) is 0 Å². The van der Waals surface area contributed by atoms with E-state index >= 15 is 0 Å². The van der Waals surface area contributed by atoms with Crippen molar-refractivity contribution in [2.45, 2.75) is 33.3 Å². The summed E-state index contributed by atoms with van der Waals surface area (Å²) in [5.41, 5.74) is 4.44. The number of hydrogen-bond acceptors (Lipinski definition) is 2. The van der Waals surface area contributed by atoms with Gasteiger partial charge in [0.25, 0.3) is 0 Å². The van der Waals surface area contributed by atoms with Gasteiger partial charge in [0, 0.05) is 12.0 Å². The lowest BCUT2D eigenvalue weighted by atomic mass is 9.96. The summed E-state index contributed by atoms with van der Waals surface area (Å²) in [4.78, 5) is 12.2. The summed E-state index contributed by atoms with van der Waals surface area (Å²) >= 11 is 0. The van der Waals surface area contributed by atoms with Crippen molar-refractivity contribution in [2.75, 3.05) is 6.61 Å². The number of carbonyl (C=O) groups excluding carboxylic acids is 1. The predicted octanol–water partition coefficient (Wildman–Crippen LogP) is 3.30. The van der Waals surface area contributed by atoms with Crippen LogP contribution in [0.4, 0.5) is 0 Å². The zero-order valence-electron chi connectivity index (χ0n) is 10.6. The summed E-state index contributed by atoms with van der Waals surface area (Å²) in [5.74, 6) is 0.0943. The van der Waals surface area contributed by atoms with Gasteiger partial charge in [-0.3, -0.25) is 4.79 Å². The molecule has 0 amide bonds. The molecule has 0 spiro atoms. The number of ketones is 1. The molecule has 90 valence electrons. The van der Waals surface area contributed by atoms with Crippen LogP contribution in [-0.2, 0) is 4.74 Å². The first-order chi connectivity index (χ1) is 8.08. The Bertz CT molecular complexity index is 454. The van der Waals surface area contributed by atoms with Crippen LogP contribution in [0, 0.1) is 6.92 Å². The van der Waals surface area contributed by atoms with Crippen molar-refractivity contribution < 1.29 is 9.53 Å². The maximum absolute atomic E-state index is 12.2. The van der Waals surface area contributed by atoms with E-state index in [1.165, 1.54) is 11.1 Å². The van der Waals surface area contributed by atoms with Crippen LogP contribution >= 0.6 is 0 Å². The van der Waals surface area contributed by atoms with E-state index < -0.39 is 0 Å². The van der Waals surface area contributed by atoms with Gasteiger partial charge in [0.1, 0.15) is 6.10 Å². The lowest BCUT2D eigenvalue weighted by molar-refractivity contribution is 0.0434. The molecule has 0 N–H and O–H groups in total. The van der Waals surface area contributed by atoms with Gasteiger partial charge in [-0.15, -0.1) is 0 Å². The van der Waals surface area contributed by atoms with Crippen molar-refractivity contribution in [3.05, 3.63) is 46.5 Å². The van der Waals surface area contributed by atoms with E-state index in [0.717, 1.165) is 17.5 Å². The third-order valence-electron chi connectivity index (χ3n) is 3.35. The van der Waals surface area contributed by atoms with Gasteiger partial charge in [-0.25, -0.2) is 0 Å². The number of aryl methyl sites for hydroxylation is 1. The van der Waals surface area contributed by atoms with E-state index in [1.807, 2.05) is 31.2 Å². The van der Waals surface area contributed by atoms with Crippen LogP contribution in [-0.4, -0.2) is 18.5 Å². The Kier molecular flexibility index (Phi) is 3.43. The van der Waals surface area contributed by atoms with E-state index in [4.69, 9.17) is 4.74 Å². The van der Waals surface area contributed by atoms with Crippen LogP contribution in [0.2, 0.25) is 0 Å². The Balaban J connectivity index is 2.14. The molecule has 0 bridgehead atoms. The number of hydrogen-bond donors (Lipinski definition) is 0. The van der Waals surface area contributed by atoms with Gasteiger partial charge in [0.2, 0.25) is 0 Å². The first-order valence-corrected chi connectivity index (χ1v) is 5.95. The number of benzene rings is 1. The standard InChI is InChI=1S/C15H18O2/c1-10-4-6-13(7-5-10)15(16)14-8-11(2)12(3)9-17-14/h4-7,14H,8-9H2,1-3H3. The Hall–Kier alpha value is -1.41. The van der Waals surface area contributed by atoms with Crippen molar-refractivity contribution in [1.29, 1.82) is 0 Å². The number of Topliss-reactive ketones (excluding diaryl/α,β-unsaturated/α-hetero) is 1. The first-order valence-electron chi connectivity index (χ1n) is 5.95. The van der Waals surface area contributed by atoms with E-state index in [2.05, 4.69) is 13.8 Å². The normalized spacial score (nSPS) is 20.5. The molecule has 0 aromatic heterocycles. The molecular formula is C15H18O2. The minimum atomic E-state index is -0.304. The molecule has 0 aliphatic carbocycles. The average Bonchev–Trinajstić information content (AvgIpc) is 2.33. The SMILES string of the molecule is CC1=C(C)CC(C(=O)c2ccc(C)cc2)OC1. The summed E-state index contributed by atoms with van der Waals surface area (Å²) in [6.45, 7) is 6.73. The number of ether oxygens (including phenoxy) is 1. The monoisotopic (exact) mass is 230 g/mol. The predicted molar refractivity (Wildman–Crippen MR) is 68.2 cm³/mol. The van der Waals surface area contributed by atoms with Gasteiger partial charge in [0.15, 0.2) is 5.78 Å². The molecule has 2 rings (SSSR count). The third kappa shape index (κ3) is 2.64. The van der Waals surface area contributed by atoms with Crippen molar-refractivity contribution in [3.63, 3.8) is 0 Å². The topological polar surface area (TPSA) is 26.3 Å². The Morgan fingerprint density at radius 2 is 1.76 bits per heavy atom. The minimum Gasteiger partial charge on any atom is -0.365 e. The molecule has 1 atom stereocenters. The largest absolute Gasteiger partial charge is 0.365 e. The highest BCUT2D eigenvalue weighted by molar-refractivity contribution is 5.99. The van der Waals surface area contributed by atoms with Crippen LogP contribution in [0.25, 0.3) is 0 Å². The van der Waals surface area contributed by atoms with E-state index in [9.17, 15) is 4.79 Å². The van der Waals surface area contributed by atoms with E-state index in [1.54, 1.807) is 0 Å². The Labute approximate surface area is 102 Å².